The number of carbonyl (C=O) groups is 1. The Bertz CT molecular complexity index is 461. The molecule has 0 aliphatic carbocycles. The lowest BCUT2D eigenvalue weighted by atomic mass is 9.84. The average Bonchev–Trinajstić information content (AvgIpc) is 2.36. The maximum Gasteiger partial charge on any atom is 0.303 e. The molecule has 0 spiro atoms. The Morgan fingerprint density at radius 3 is 2.65 bits per heavy atom. The van der Waals surface area contributed by atoms with Crippen LogP contribution in [0.15, 0.2) is 18.2 Å². The van der Waals surface area contributed by atoms with Gasteiger partial charge in [0.1, 0.15) is 0 Å². The lowest BCUT2D eigenvalue weighted by molar-refractivity contribution is -0.137. The lowest BCUT2D eigenvalue weighted by Gasteiger charge is -2.24. The van der Waals surface area contributed by atoms with Gasteiger partial charge >= 0.3 is 5.97 Å². The zero-order valence-corrected chi connectivity index (χ0v) is 13.4. The van der Waals surface area contributed by atoms with Gasteiger partial charge in [-0.2, -0.15) is 0 Å². The molecule has 0 saturated heterocycles. The number of hydrogen-bond acceptors (Lipinski definition) is 2. The number of carboxylic acids is 1. The largest absolute Gasteiger partial charge is 0.481 e. The van der Waals surface area contributed by atoms with Crippen molar-refractivity contribution in [3.05, 3.63) is 33.8 Å². The molecule has 0 fully saturated rings. The fourth-order valence-electron chi connectivity index (χ4n) is 1.90. The minimum atomic E-state index is -0.739. The third-order valence-electron chi connectivity index (χ3n) is 3.32. The van der Waals surface area contributed by atoms with Gasteiger partial charge in [0, 0.05) is 23.0 Å². The molecule has 0 aliphatic rings. The maximum atomic E-state index is 10.6. The first-order valence-electron chi connectivity index (χ1n) is 6.67. The molecule has 0 atom stereocenters. The summed E-state index contributed by atoms with van der Waals surface area (Å²) in [5.41, 5.74) is 0.992. The molecule has 0 amide bonds. The minimum absolute atomic E-state index is 0.0174. The van der Waals surface area contributed by atoms with Crippen molar-refractivity contribution in [1.82, 2.24) is 5.32 Å². The maximum absolute atomic E-state index is 10.6. The SMILES string of the molecule is CC(C)(CCNCc1cc(Cl)ccc1Cl)CCC(=O)O. The second kappa shape index (κ2) is 7.87. The highest BCUT2D eigenvalue weighted by atomic mass is 35.5. The van der Waals surface area contributed by atoms with Crippen LogP contribution in [0.5, 0.6) is 0 Å². The van der Waals surface area contributed by atoms with E-state index in [9.17, 15) is 4.79 Å². The summed E-state index contributed by atoms with van der Waals surface area (Å²) in [5.74, 6) is -0.739. The van der Waals surface area contributed by atoms with E-state index >= 15 is 0 Å². The first-order valence-corrected chi connectivity index (χ1v) is 7.42. The predicted octanol–water partition coefficient (Wildman–Crippen LogP) is 4.36. The molecule has 0 bridgehead atoms. The van der Waals surface area contributed by atoms with Gasteiger partial charge in [-0.15, -0.1) is 0 Å². The predicted molar refractivity (Wildman–Crippen MR) is 83.4 cm³/mol. The van der Waals surface area contributed by atoms with E-state index in [1.54, 1.807) is 12.1 Å². The summed E-state index contributed by atoms with van der Waals surface area (Å²) in [6.45, 7) is 5.65. The first-order chi connectivity index (χ1) is 9.30. The number of nitrogens with one attached hydrogen (secondary N) is 1. The molecule has 0 radical (unpaired) electrons. The van der Waals surface area contributed by atoms with Crippen molar-refractivity contribution < 1.29 is 9.90 Å². The Balaban J connectivity index is 2.34. The second-order valence-electron chi connectivity index (χ2n) is 5.72. The van der Waals surface area contributed by atoms with Crippen LogP contribution < -0.4 is 5.32 Å². The molecular formula is C15H21Cl2NO2. The number of carboxylic acid groups (broad SMARTS) is 1. The highest BCUT2D eigenvalue weighted by Gasteiger charge is 2.18. The van der Waals surface area contributed by atoms with Crippen molar-refractivity contribution in [1.29, 1.82) is 0 Å². The van der Waals surface area contributed by atoms with Crippen LogP contribution in [-0.2, 0) is 11.3 Å². The Morgan fingerprint density at radius 2 is 2.00 bits per heavy atom. The topological polar surface area (TPSA) is 49.3 Å². The number of rotatable bonds is 8. The number of hydrogen-bond donors (Lipinski definition) is 2. The highest BCUT2D eigenvalue weighted by Crippen LogP contribution is 2.26. The van der Waals surface area contributed by atoms with Gasteiger partial charge in [0.25, 0.3) is 0 Å². The molecule has 112 valence electrons. The van der Waals surface area contributed by atoms with E-state index in [2.05, 4.69) is 19.2 Å². The minimum Gasteiger partial charge on any atom is -0.481 e. The zero-order chi connectivity index (χ0) is 15.2. The highest BCUT2D eigenvalue weighted by molar-refractivity contribution is 6.33. The van der Waals surface area contributed by atoms with Gasteiger partial charge in [0.05, 0.1) is 0 Å². The third-order valence-corrected chi connectivity index (χ3v) is 3.92. The Morgan fingerprint density at radius 1 is 1.30 bits per heavy atom. The molecule has 0 aliphatic heterocycles. The van der Waals surface area contributed by atoms with Crippen LogP contribution in [0.2, 0.25) is 10.0 Å². The quantitative estimate of drug-likeness (QED) is 0.700. The summed E-state index contributed by atoms with van der Waals surface area (Å²) < 4.78 is 0. The Hall–Kier alpha value is -0.770. The van der Waals surface area contributed by atoms with Crippen molar-refractivity contribution in [3.8, 4) is 0 Å². The van der Waals surface area contributed by atoms with Crippen molar-refractivity contribution >= 4 is 29.2 Å². The van der Waals surface area contributed by atoms with E-state index < -0.39 is 5.97 Å². The van der Waals surface area contributed by atoms with Gasteiger partial charge in [-0.05, 0) is 48.6 Å². The molecule has 3 nitrogen and oxygen atoms in total. The molecule has 1 rings (SSSR count). The normalized spacial score (nSPS) is 11.6. The molecule has 0 aromatic heterocycles. The van der Waals surface area contributed by atoms with Gasteiger partial charge < -0.3 is 10.4 Å². The van der Waals surface area contributed by atoms with Gasteiger partial charge in [0.2, 0.25) is 0 Å². The van der Waals surface area contributed by atoms with E-state index in [1.807, 2.05) is 6.07 Å². The summed E-state index contributed by atoms with van der Waals surface area (Å²) in [6.07, 6.45) is 1.81. The van der Waals surface area contributed by atoms with Crippen LogP contribution in [0.4, 0.5) is 0 Å². The average molecular weight is 318 g/mol. The number of halogens is 2. The zero-order valence-electron chi connectivity index (χ0n) is 11.9. The molecule has 0 saturated carbocycles. The standard InChI is InChI=1S/C15H21Cl2NO2/c1-15(2,6-5-14(19)20)7-8-18-10-11-9-12(16)3-4-13(11)17/h3-4,9,18H,5-8,10H2,1-2H3,(H,19,20). The monoisotopic (exact) mass is 317 g/mol. The van der Waals surface area contributed by atoms with Gasteiger partial charge in [-0.1, -0.05) is 37.0 Å². The summed E-state index contributed by atoms with van der Waals surface area (Å²) in [6, 6.07) is 5.41. The molecule has 20 heavy (non-hydrogen) atoms. The summed E-state index contributed by atoms with van der Waals surface area (Å²) in [7, 11) is 0. The number of benzene rings is 1. The van der Waals surface area contributed by atoms with Crippen LogP contribution in [0.3, 0.4) is 0 Å². The van der Waals surface area contributed by atoms with Crippen LogP contribution in [0.25, 0.3) is 0 Å². The van der Waals surface area contributed by atoms with Gasteiger partial charge in [0.15, 0.2) is 0 Å². The van der Waals surface area contributed by atoms with Crippen molar-refractivity contribution in [3.63, 3.8) is 0 Å². The van der Waals surface area contributed by atoms with Gasteiger partial charge in [-0.3, -0.25) is 4.79 Å². The van der Waals surface area contributed by atoms with Crippen molar-refractivity contribution in [2.75, 3.05) is 6.54 Å². The van der Waals surface area contributed by atoms with Crippen LogP contribution in [0.1, 0.15) is 38.7 Å². The summed E-state index contributed by atoms with van der Waals surface area (Å²) in [4.78, 5) is 10.6. The molecule has 0 heterocycles. The fourth-order valence-corrected chi connectivity index (χ4v) is 2.28. The molecule has 1 aromatic carbocycles. The van der Waals surface area contributed by atoms with E-state index in [0.717, 1.165) is 18.5 Å². The molecule has 1 aromatic rings. The number of aliphatic carboxylic acids is 1. The molecule has 0 unspecified atom stereocenters. The van der Waals surface area contributed by atoms with Crippen molar-refractivity contribution in [2.24, 2.45) is 5.41 Å². The smallest absolute Gasteiger partial charge is 0.303 e. The lowest BCUT2D eigenvalue weighted by Crippen LogP contribution is -2.23. The molecule has 5 heteroatoms. The Kier molecular flexibility index (Phi) is 6.80. The summed E-state index contributed by atoms with van der Waals surface area (Å²) >= 11 is 12.0. The Labute approximate surface area is 130 Å². The van der Waals surface area contributed by atoms with E-state index in [1.165, 1.54) is 0 Å². The van der Waals surface area contributed by atoms with E-state index in [4.69, 9.17) is 28.3 Å². The first kappa shape index (κ1) is 17.3. The van der Waals surface area contributed by atoms with E-state index in [-0.39, 0.29) is 11.8 Å². The molecule has 2 N–H and O–H groups in total. The van der Waals surface area contributed by atoms with E-state index in [0.29, 0.717) is 23.0 Å². The summed E-state index contributed by atoms with van der Waals surface area (Å²) in [5, 5.41) is 13.4. The molecular weight excluding hydrogens is 297 g/mol. The van der Waals surface area contributed by atoms with Crippen molar-refractivity contribution in [2.45, 2.75) is 39.7 Å². The third kappa shape index (κ3) is 6.60. The van der Waals surface area contributed by atoms with Gasteiger partial charge in [-0.25, -0.2) is 0 Å². The van der Waals surface area contributed by atoms with Crippen LogP contribution in [-0.4, -0.2) is 17.6 Å². The van der Waals surface area contributed by atoms with Crippen LogP contribution in [0, 0.1) is 5.41 Å². The van der Waals surface area contributed by atoms with Crippen LogP contribution >= 0.6 is 23.2 Å². The second-order valence-corrected chi connectivity index (χ2v) is 6.56. The fraction of sp³-hybridized carbons (Fsp3) is 0.533.